The van der Waals surface area contributed by atoms with Crippen LogP contribution >= 0.6 is 22.6 Å². The van der Waals surface area contributed by atoms with Crippen molar-refractivity contribution in [2.45, 2.75) is 39.5 Å². The summed E-state index contributed by atoms with van der Waals surface area (Å²) in [6, 6.07) is 7.59. The van der Waals surface area contributed by atoms with Gasteiger partial charge in [0.2, 0.25) is 11.8 Å². The normalized spacial score (nSPS) is 12.8. The van der Waals surface area contributed by atoms with Crippen molar-refractivity contribution in [1.29, 1.82) is 0 Å². The molecular formula is C17H19F3IN3O. The molecule has 2 aromatic rings. The van der Waals surface area contributed by atoms with Gasteiger partial charge >= 0.3 is 6.18 Å². The van der Waals surface area contributed by atoms with Crippen LogP contribution in [-0.2, 0) is 6.18 Å². The standard InChI is InChI=1S/C17H19F3IN3O/c1-4-11(3)25-15-14(17(18,19)20)10-22-16(23-15)24(5-2)13-8-6-7-12(21)9-13/h6-11H,4-5H2,1-3H3. The van der Waals surface area contributed by atoms with Gasteiger partial charge in [0.15, 0.2) is 0 Å². The summed E-state index contributed by atoms with van der Waals surface area (Å²) in [5.41, 5.74) is -0.154. The molecule has 8 heteroatoms. The maximum absolute atomic E-state index is 13.2. The van der Waals surface area contributed by atoms with Crippen LogP contribution in [0.1, 0.15) is 32.8 Å². The average Bonchev–Trinajstić information content (AvgIpc) is 2.54. The molecule has 0 amide bonds. The minimum absolute atomic E-state index is 0.177. The topological polar surface area (TPSA) is 38.2 Å². The second kappa shape index (κ2) is 8.20. The van der Waals surface area contributed by atoms with Gasteiger partial charge in [0, 0.05) is 22.0 Å². The van der Waals surface area contributed by atoms with E-state index in [1.807, 2.05) is 38.1 Å². The van der Waals surface area contributed by atoms with Crippen molar-refractivity contribution in [3.05, 3.63) is 39.6 Å². The maximum Gasteiger partial charge on any atom is 0.423 e. The molecule has 1 aromatic carbocycles. The van der Waals surface area contributed by atoms with Crippen molar-refractivity contribution >= 4 is 34.2 Å². The highest BCUT2D eigenvalue weighted by molar-refractivity contribution is 14.1. The quantitative estimate of drug-likeness (QED) is 0.533. The molecule has 0 saturated heterocycles. The van der Waals surface area contributed by atoms with Crippen molar-refractivity contribution in [2.24, 2.45) is 0 Å². The predicted molar refractivity (Wildman–Crippen MR) is 99.3 cm³/mol. The van der Waals surface area contributed by atoms with Crippen LogP contribution in [0.15, 0.2) is 30.5 Å². The third-order valence-corrected chi connectivity index (χ3v) is 4.28. The number of halogens is 4. The predicted octanol–water partition coefficient (Wildman–Crippen LogP) is 5.44. The van der Waals surface area contributed by atoms with E-state index in [1.54, 1.807) is 11.8 Å². The van der Waals surface area contributed by atoms with Crippen molar-refractivity contribution in [1.82, 2.24) is 9.97 Å². The van der Waals surface area contributed by atoms with Crippen LogP contribution in [-0.4, -0.2) is 22.6 Å². The molecule has 4 nitrogen and oxygen atoms in total. The minimum atomic E-state index is -4.57. The Bertz CT molecular complexity index is 725. The Kier molecular flexibility index (Phi) is 6.47. The number of alkyl halides is 3. The Hall–Kier alpha value is -1.58. The highest BCUT2D eigenvalue weighted by Gasteiger charge is 2.37. The Morgan fingerprint density at radius 1 is 1.28 bits per heavy atom. The molecule has 0 saturated carbocycles. The molecule has 2 rings (SSSR count). The fraction of sp³-hybridized carbons (Fsp3) is 0.412. The van der Waals surface area contributed by atoms with Gasteiger partial charge in [0.1, 0.15) is 5.56 Å². The molecule has 1 aromatic heterocycles. The summed E-state index contributed by atoms with van der Waals surface area (Å²) < 4.78 is 46.1. The Labute approximate surface area is 158 Å². The molecule has 136 valence electrons. The van der Waals surface area contributed by atoms with E-state index in [0.29, 0.717) is 13.0 Å². The van der Waals surface area contributed by atoms with Gasteiger partial charge in [-0.25, -0.2) is 4.98 Å². The second-order valence-corrected chi connectivity index (χ2v) is 6.69. The van der Waals surface area contributed by atoms with Crippen LogP contribution in [0.5, 0.6) is 5.88 Å². The van der Waals surface area contributed by atoms with Crippen molar-refractivity contribution < 1.29 is 17.9 Å². The lowest BCUT2D eigenvalue weighted by molar-refractivity contribution is -0.139. The zero-order valence-corrected chi connectivity index (χ0v) is 16.3. The van der Waals surface area contributed by atoms with E-state index in [2.05, 4.69) is 32.6 Å². The number of hydrogen-bond acceptors (Lipinski definition) is 4. The van der Waals surface area contributed by atoms with Gasteiger partial charge in [-0.05, 0) is 61.1 Å². The molecule has 0 N–H and O–H groups in total. The van der Waals surface area contributed by atoms with E-state index < -0.39 is 17.6 Å². The van der Waals surface area contributed by atoms with E-state index in [9.17, 15) is 13.2 Å². The third kappa shape index (κ3) is 4.96. The number of nitrogens with zero attached hydrogens (tertiary/aromatic N) is 3. The van der Waals surface area contributed by atoms with Crippen molar-refractivity contribution in [3.8, 4) is 5.88 Å². The number of anilines is 2. The monoisotopic (exact) mass is 465 g/mol. The van der Waals surface area contributed by atoms with E-state index in [1.165, 1.54) is 0 Å². The molecule has 0 spiro atoms. The van der Waals surface area contributed by atoms with E-state index >= 15 is 0 Å². The lowest BCUT2D eigenvalue weighted by Crippen LogP contribution is -2.22. The molecule has 0 aliphatic heterocycles. The minimum Gasteiger partial charge on any atom is -0.474 e. The largest absolute Gasteiger partial charge is 0.474 e. The molecule has 0 bridgehead atoms. The lowest BCUT2D eigenvalue weighted by atomic mass is 10.3. The van der Waals surface area contributed by atoms with Crippen LogP contribution in [0.3, 0.4) is 0 Å². The zero-order chi connectivity index (χ0) is 18.6. The molecule has 0 aliphatic rings. The van der Waals surface area contributed by atoms with Crippen LogP contribution in [0, 0.1) is 3.57 Å². The Morgan fingerprint density at radius 3 is 2.56 bits per heavy atom. The summed E-state index contributed by atoms with van der Waals surface area (Å²) in [5.74, 6) is -0.258. The summed E-state index contributed by atoms with van der Waals surface area (Å²) in [6.45, 7) is 5.94. The number of benzene rings is 1. The lowest BCUT2D eigenvalue weighted by Gasteiger charge is -2.23. The van der Waals surface area contributed by atoms with Gasteiger partial charge in [-0.15, -0.1) is 0 Å². The van der Waals surface area contributed by atoms with Gasteiger partial charge in [-0.2, -0.15) is 18.2 Å². The Morgan fingerprint density at radius 2 is 2.00 bits per heavy atom. The summed E-state index contributed by atoms with van der Waals surface area (Å²) >= 11 is 2.18. The van der Waals surface area contributed by atoms with Gasteiger partial charge in [0.25, 0.3) is 0 Å². The highest BCUT2D eigenvalue weighted by atomic mass is 127. The van der Waals surface area contributed by atoms with Crippen molar-refractivity contribution in [2.75, 3.05) is 11.4 Å². The third-order valence-electron chi connectivity index (χ3n) is 3.61. The number of ether oxygens (including phenoxy) is 1. The summed E-state index contributed by atoms with van der Waals surface area (Å²) in [7, 11) is 0. The number of rotatable bonds is 6. The van der Waals surface area contributed by atoms with Gasteiger partial charge in [-0.3, -0.25) is 0 Å². The molecule has 0 aliphatic carbocycles. The fourth-order valence-corrected chi connectivity index (χ4v) is 2.66. The number of hydrogen-bond donors (Lipinski definition) is 0. The second-order valence-electron chi connectivity index (χ2n) is 5.45. The summed E-state index contributed by atoms with van der Waals surface area (Å²) in [4.78, 5) is 9.74. The van der Waals surface area contributed by atoms with E-state index in [0.717, 1.165) is 15.5 Å². The first-order valence-corrected chi connectivity index (χ1v) is 8.98. The SMILES string of the molecule is CCC(C)Oc1nc(N(CC)c2cccc(I)c2)ncc1C(F)(F)F. The van der Waals surface area contributed by atoms with Crippen LogP contribution in [0.2, 0.25) is 0 Å². The van der Waals surface area contributed by atoms with Gasteiger partial charge < -0.3 is 9.64 Å². The summed E-state index contributed by atoms with van der Waals surface area (Å²) in [5, 5.41) is 0. The molecular weight excluding hydrogens is 446 g/mol. The first-order valence-electron chi connectivity index (χ1n) is 7.90. The molecule has 1 heterocycles. The van der Waals surface area contributed by atoms with Gasteiger partial charge in [0.05, 0.1) is 6.10 Å². The highest BCUT2D eigenvalue weighted by Crippen LogP contribution is 2.36. The smallest absolute Gasteiger partial charge is 0.423 e. The molecule has 1 unspecified atom stereocenters. The van der Waals surface area contributed by atoms with E-state index in [-0.39, 0.29) is 12.1 Å². The van der Waals surface area contributed by atoms with Crippen LogP contribution < -0.4 is 9.64 Å². The molecule has 0 radical (unpaired) electrons. The Balaban J connectivity index is 2.48. The first kappa shape index (κ1) is 19.7. The van der Waals surface area contributed by atoms with Crippen LogP contribution in [0.25, 0.3) is 0 Å². The van der Waals surface area contributed by atoms with Crippen LogP contribution in [0.4, 0.5) is 24.8 Å². The fourth-order valence-electron chi connectivity index (χ4n) is 2.13. The number of aromatic nitrogens is 2. The van der Waals surface area contributed by atoms with Crippen molar-refractivity contribution in [3.63, 3.8) is 0 Å². The molecule has 0 fully saturated rings. The van der Waals surface area contributed by atoms with Gasteiger partial charge in [-0.1, -0.05) is 13.0 Å². The summed E-state index contributed by atoms with van der Waals surface area (Å²) in [6.07, 6.45) is -3.58. The zero-order valence-electron chi connectivity index (χ0n) is 14.1. The van der Waals surface area contributed by atoms with E-state index in [4.69, 9.17) is 4.74 Å². The molecule has 1 atom stereocenters. The average molecular weight is 465 g/mol. The first-order chi connectivity index (χ1) is 11.8. The molecule has 25 heavy (non-hydrogen) atoms. The maximum atomic E-state index is 13.2.